The second-order valence-corrected chi connectivity index (χ2v) is 6.26. The van der Waals surface area contributed by atoms with Crippen molar-refractivity contribution in [1.29, 1.82) is 0 Å². The summed E-state index contributed by atoms with van der Waals surface area (Å²) in [7, 11) is 0. The lowest BCUT2D eigenvalue weighted by molar-refractivity contribution is -0.274. The zero-order valence-corrected chi connectivity index (χ0v) is 12.8. The van der Waals surface area contributed by atoms with Gasteiger partial charge in [-0.1, -0.05) is 6.92 Å². The van der Waals surface area contributed by atoms with Crippen LogP contribution in [0.15, 0.2) is 18.2 Å². The minimum atomic E-state index is -4.74. The molecule has 0 N–H and O–H groups in total. The number of amides is 1. The smallest absolute Gasteiger partial charge is 0.443 e. The van der Waals surface area contributed by atoms with E-state index in [9.17, 15) is 18.0 Å². The second-order valence-electron chi connectivity index (χ2n) is 6.26. The fourth-order valence-electron chi connectivity index (χ4n) is 2.33. The zero-order chi connectivity index (χ0) is 16.7. The second kappa shape index (κ2) is 5.37. The summed E-state index contributed by atoms with van der Waals surface area (Å²) < 4.78 is 46.1. The van der Waals surface area contributed by atoms with Crippen molar-refractivity contribution in [2.45, 2.75) is 45.6 Å². The van der Waals surface area contributed by atoms with Gasteiger partial charge in [0.05, 0.1) is 5.69 Å². The Balaban J connectivity index is 2.25. The highest BCUT2D eigenvalue weighted by Gasteiger charge is 2.35. The van der Waals surface area contributed by atoms with Crippen LogP contribution in [0.25, 0.3) is 0 Å². The number of halogens is 3. The first-order valence-electron chi connectivity index (χ1n) is 6.86. The van der Waals surface area contributed by atoms with Crippen molar-refractivity contribution >= 4 is 11.8 Å². The molecule has 0 bridgehead atoms. The van der Waals surface area contributed by atoms with Gasteiger partial charge in [0.15, 0.2) is 0 Å². The van der Waals surface area contributed by atoms with Crippen LogP contribution >= 0.6 is 0 Å². The number of hydrogen-bond acceptors (Lipinski definition) is 3. The summed E-state index contributed by atoms with van der Waals surface area (Å²) >= 11 is 0. The molecule has 122 valence electrons. The lowest BCUT2D eigenvalue weighted by atomic mass is 10.0. The molecule has 1 aliphatic heterocycles. The summed E-state index contributed by atoms with van der Waals surface area (Å²) in [5, 5.41) is 0. The summed E-state index contributed by atoms with van der Waals surface area (Å²) in [5.74, 6) is -0.386. The molecule has 0 aromatic heterocycles. The highest BCUT2D eigenvalue weighted by atomic mass is 19.4. The number of fused-ring (bicyclic) bond motifs is 1. The number of carbonyl (C=O) groups is 1. The van der Waals surface area contributed by atoms with Crippen molar-refractivity contribution in [2.24, 2.45) is 0 Å². The molecule has 0 spiro atoms. The molecular weight excluding hydrogens is 299 g/mol. The summed E-state index contributed by atoms with van der Waals surface area (Å²) in [5.41, 5.74) is 0.548. The van der Waals surface area contributed by atoms with Gasteiger partial charge < -0.3 is 9.47 Å². The average molecular weight is 317 g/mol. The Morgan fingerprint density at radius 2 is 1.91 bits per heavy atom. The quantitative estimate of drug-likeness (QED) is 0.768. The molecule has 2 rings (SSSR count). The number of alkyl halides is 3. The maximum Gasteiger partial charge on any atom is 0.573 e. The predicted octanol–water partition coefficient (Wildman–Crippen LogP) is 4.44. The van der Waals surface area contributed by atoms with Crippen molar-refractivity contribution < 1.29 is 27.4 Å². The Labute approximate surface area is 126 Å². The van der Waals surface area contributed by atoms with Crippen molar-refractivity contribution in [3.63, 3.8) is 0 Å². The molecule has 1 aromatic rings. The highest BCUT2D eigenvalue weighted by molar-refractivity contribution is 5.91. The van der Waals surface area contributed by atoms with Gasteiger partial charge in [-0.05, 0) is 44.5 Å². The van der Waals surface area contributed by atoms with Crippen LogP contribution < -0.4 is 9.64 Å². The highest BCUT2D eigenvalue weighted by Crippen LogP contribution is 2.39. The van der Waals surface area contributed by atoms with Gasteiger partial charge in [-0.2, -0.15) is 0 Å². The van der Waals surface area contributed by atoms with Gasteiger partial charge in [-0.25, -0.2) is 4.79 Å². The molecule has 1 heterocycles. The molecule has 7 heteroatoms. The molecule has 0 saturated heterocycles. The summed E-state index contributed by atoms with van der Waals surface area (Å²) in [6, 6.07) is 3.96. The molecule has 1 amide bonds. The zero-order valence-electron chi connectivity index (χ0n) is 12.8. The molecular formula is C15H18F3NO3. The maximum absolute atomic E-state index is 12.3. The Morgan fingerprint density at radius 1 is 1.27 bits per heavy atom. The molecule has 4 nitrogen and oxygen atoms in total. The molecule has 1 aliphatic rings. The number of ether oxygens (including phenoxy) is 2. The van der Waals surface area contributed by atoms with Crippen LogP contribution in [0.1, 0.15) is 39.2 Å². The summed E-state index contributed by atoms with van der Waals surface area (Å²) in [6.07, 6.45) is -5.25. The van der Waals surface area contributed by atoms with E-state index in [0.717, 1.165) is 0 Å². The van der Waals surface area contributed by atoms with E-state index >= 15 is 0 Å². The van der Waals surface area contributed by atoms with E-state index in [0.29, 0.717) is 17.8 Å². The van der Waals surface area contributed by atoms with Gasteiger partial charge in [0, 0.05) is 12.5 Å². The molecule has 0 saturated carbocycles. The SMILES string of the molecule is CC1CN(C(=O)OC(C)(C)C)c2ccc(OC(F)(F)F)cc21. The van der Waals surface area contributed by atoms with Crippen LogP contribution in [0, 0.1) is 0 Å². The fourth-order valence-corrected chi connectivity index (χ4v) is 2.33. The average Bonchev–Trinajstić information content (AvgIpc) is 2.62. The van der Waals surface area contributed by atoms with E-state index in [1.54, 1.807) is 20.8 Å². The van der Waals surface area contributed by atoms with Crippen molar-refractivity contribution in [3.8, 4) is 5.75 Å². The van der Waals surface area contributed by atoms with E-state index < -0.39 is 18.1 Å². The van der Waals surface area contributed by atoms with Crippen molar-refractivity contribution in [2.75, 3.05) is 11.4 Å². The standard InChI is InChI=1S/C15H18F3NO3/c1-9-8-19(13(20)22-14(2,3)4)12-6-5-10(7-11(9)12)21-15(16,17)18/h5-7,9H,8H2,1-4H3. The van der Waals surface area contributed by atoms with Gasteiger partial charge in [0.1, 0.15) is 11.4 Å². The Hall–Kier alpha value is -1.92. The third kappa shape index (κ3) is 3.84. The van der Waals surface area contributed by atoms with Crippen LogP contribution in [0.5, 0.6) is 5.75 Å². The van der Waals surface area contributed by atoms with E-state index in [1.807, 2.05) is 6.92 Å². The van der Waals surface area contributed by atoms with Crippen LogP contribution in [0.2, 0.25) is 0 Å². The van der Waals surface area contributed by atoms with E-state index in [2.05, 4.69) is 4.74 Å². The molecule has 1 atom stereocenters. The minimum absolute atomic E-state index is 0.0979. The first kappa shape index (κ1) is 16.5. The monoisotopic (exact) mass is 317 g/mol. The lowest BCUT2D eigenvalue weighted by Crippen LogP contribution is -2.36. The Bertz CT molecular complexity index is 578. The van der Waals surface area contributed by atoms with Gasteiger partial charge in [0.25, 0.3) is 0 Å². The first-order chi connectivity index (χ1) is 9.96. The number of anilines is 1. The third-order valence-corrected chi connectivity index (χ3v) is 3.12. The van der Waals surface area contributed by atoms with Crippen molar-refractivity contribution in [3.05, 3.63) is 23.8 Å². The first-order valence-corrected chi connectivity index (χ1v) is 6.86. The van der Waals surface area contributed by atoms with Crippen molar-refractivity contribution in [1.82, 2.24) is 0 Å². The van der Waals surface area contributed by atoms with Gasteiger partial charge in [-0.3, -0.25) is 4.90 Å². The summed E-state index contributed by atoms with van der Waals surface area (Å²) in [4.78, 5) is 13.6. The normalized spacial score (nSPS) is 18.1. The van der Waals surface area contributed by atoms with Crippen LogP contribution in [0.4, 0.5) is 23.7 Å². The number of rotatable bonds is 1. The van der Waals surface area contributed by atoms with Gasteiger partial charge in [0.2, 0.25) is 0 Å². The lowest BCUT2D eigenvalue weighted by Gasteiger charge is -2.25. The molecule has 0 fully saturated rings. The van der Waals surface area contributed by atoms with Crippen LogP contribution in [-0.4, -0.2) is 24.6 Å². The number of hydrogen-bond donors (Lipinski definition) is 0. The summed E-state index contributed by atoms with van der Waals surface area (Å²) in [6.45, 7) is 7.46. The Morgan fingerprint density at radius 3 is 2.45 bits per heavy atom. The van der Waals surface area contributed by atoms with Gasteiger partial charge in [-0.15, -0.1) is 13.2 Å². The largest absolute Gasteiger partial charge is 0.573 e. The fraction of sp³-hybridized carbons (Fsp3) is 0.533. The minimum Gasteiger partial charge on any atom is -0.443 e. The predicted molar refractivity (Wildman–Crippen MR) is 75.1 cm³/mol. The number of benzene rings is 1. The number of carbonyl (C=O) groups excluding carboxylic acids is 1. The topological polar surface area (TPSA) is 38.8 Å². The molecule has 0 aliphatic carbocycles. The maximum atomic E-state index is 12.3. The Kier molecular flexibility index (Phi) is 4.02. The molecule has 1 aromatic carbocycles. The molecule has 22 heavy (non-hydrogen) atoms. The number of nitrogens with zero attached hydrogens (tertiary/aromatic N) is 1. The van der Waals surface area contributed by atoms with Crippen LogP contribution in [-0.2, 0) is 4.74 Å². The van der Waals surface area contributed by atoms with E-state index in [1.165, 1.54) is 23.1 Å². The van der Waals surface area contributed by atoms with E-state index in [-0.39, 0.29) is 11.7 Å². The molecule has 0 radical (unpaired) electrons. The molecule has 1 unspecified atom stereocenters. The third-order valence-electron chi connectivity index (χ3n) is 3.12. The van der Waals surface area contributed by atoms with E-state index in [4.69, 9.17) is 4.74 Å². The van der Waals surface area contributed by atoms with Crippen LogP contribution in [0.3, 0.4) is 0 Å². The van der Waals surface area contributed by atoms with Gasteiger partial charge >= 0.3 is 12.5 Å².